The minimum Gasteiger partial charge on any atom is -0.301 e. The molecule has 0 N–H and O–H groups in total. The van der Waals surface area contributed by atoms with Gasteiger partial charge in [-0.3, -0.25) is 4.90 Å². The predicted octanol–water partition coefficient (Wildman–Crippen LogP) is 1.24. The van der Waals surface area contributed by atoms with E-state index in [0.29, 0.717) is 5.75 Å². The Kier molecular flexibility index (Phi) is 5.57. The number of hydrogen-bond donors (Lipinski definition) is 0. The van der Waals surface area contributed by atoms with Crippen molar-refractivity contribution in [1.29, 1.82) is 0 Å². The van der Waals surface area contributed by atoms with Crippen LogP contribution in [0.2, 0.25) is 0 Å². The highest BCUT2D eigenvalue weighted by Gasteiger charge is 2.16. The smallest absolute Gasteiger partial charge is 0.147 e. The van der Waals surface area contributed by atoms with Gasteiger partial charge in [-0.2, -0.15) is 0 Å². The van der Waals surface area contributed by atoms with Gasteiger partial charge in [0, 0.05) is 39.0 Å². The molecule has 1 aliphatic heterocycles. The summed E-state index contributed by atoms with van der Waals surface area (Å²) in [4.78, 5) is 4.83. The van der Waals surface area contributed by atoms with Gasteiger partial charge in [-0.25, -0.2) is 8.42 Å². The molecule has 1 aliphatic rings. The van der Waals surface area contributed by atoms with E-state index in [1.807, 2.05) is 6.07 Å². The number of benzene rings is 1. The van der Waals surface area contributed by atoms with Gasteiger partial charge in [0.2, 0.25) is 0 Å². The fraction of sp³-hybridized carbons (Fsp3) is 0.600. The molecule has 20 heavy (non-hydrogen) atoms. The normalized spacial score (nSPS) is 18.2. The number of hydrogen-bond acceptors (Lipinski definition) is 4. The van der Waals surface area contributed by atoms with Gasteiger partial charge >= 0.3 is 0 Å². The second-order valence-corrected chi connectivity index (χ2v) is 7.85. The highest BCUT2D eigenvalue weighted by molar-refractivity contribution is 7.90. The van der Waals surface area contributed by atoms with E-state index >= 15 is 0 Å². The lowest BCUT2D eigenvalue weighted by Crippen LogP contribution is -2.46. The van der Waals surface area contributed by atoms with Crippen molar-refractivity contribution < 1.29 is 8.42 Å². The summed E-state index contributed by atoms with van der Waals surface area (Å²) in [5, 5.41) is 0. The first kappa shape index (κ1) is 15.5. The summed E-state index contributed by atoms with van der Waals surface area (Å²) in [6.45, 7) is 6.11. The Morgan fingerprint density at radius 3 is 2.20 bits per heavy atom. The minimum atomic E-state index is -2.81. The van der Waals surface area contributed by atoms with Crippen LogP contribution in [-0.2, 0) is 16.4 Å². The molecule has 1 fully saturated rings. The van der Waals surface area contributed by atoms with Crippen LogP contribution in [0.15, 0.2) is 30.3 Å². The van der Waals surface area contributed by atoms with E-state index in [9.17, 15) is 8.42 Å². The lowest BCUT2D eigenvalue weighted by molar-refractivity contribution is 0.127. The zero-order valence-corrected chi connectivity index (χ0v) is 13.0. The maximum atomic E-state index is 11.1. The second kappa shape index (κ2) is 7.20. The van der Waals surface area contributed by atoms with E-state index in [1.54, 1.807) is 0 Å². The van der Waals surface area contributed by atoms with Gasteiger partial charge in [0.25, 0.3) is 0 Å². The molecule has 1 saturated heterocycles. The number of nitrogens with zero attached hydrogens (tertiary/aromatic N) is 2. The third-order valence-electron chi connectivity index (χ3n) is 3.70. The Hall–Kier alpha value is -0.910. The highest BCUT2D eigenvalue weighted by atomic mass is 32.2. The molecule has 4 nitrogen and oxygen atoms in total. The topological polar surface area (TPSA) is 40.6 Å². The summed E-state index contributed by atoms with van der Waals surface area (Å²) in [6.07, 6.45) is 2.06. The fourth-order valence-electron chi connectivity index (χ4n) is 2.56. The van der Waals surface area contributed by atoms with E-state index in [2.05, 4.69) is 34.1 Å². The van der Waals surface area contributed by atoms with Gasteiger partial charge in [-0.05, 0) is 18.5 Å². The molecule has 0 atom stereocenters. The first-order valence-electron chi connectivity index (χ1n) is 7.19. The van der Waals surface area contributed by atoms with Gasteiger partial charge in [-0.1, -0.05) is 30.3 Å². The van der Waals surface area contributed by atoms with E-state index in [0.717, 1.165) is 45.7 Å². The molecule has 0 saturated carbocycles. The molecule has 1 aromatic carbocycles. The van der Waals surface area contributed by atoms with Crippen molar-refractivity contribution in [1.82, 2.24) is 9.80 Å². The zero-order valence-electron chi connectivity index (χ0n) is 12.2. The van der Waals surface area contributed by atoms with Crippen molar-refractivity contribution >= 4 is 9.84 Å². The lowest BCUT2D eigenvalue weighted by atomic mass is 10.2. The van der Waals surface area contributed by atoms with E-state index in [1.165, 1.54) is 11.8 Å². The van der Waals surface area contributed by atoms with Crippen LogP contribution in [-0.4, -0.2) is 63.0 Å². The fourth-order valence-corrected chi connectivity index (χ4v) is 3.22. The van der Waals surface area contributed by atoms with E-state index < -0.39 is 9.84 Å². The monoisotopic (exact) mass is 296 g/mol. The van der Waals surface area contributed by atoms with Crippen LogP contribution in [0.3, 0.4) is 0 Å². The molecule has 0 bridgehead atoms. The van der Waals surface area contributed by atoms with Crippen molar-refractivity contribution in [3.8, 4) is 0 Å². The average Bonchev–Trinajstić information content (AvgIpc) is 2.41. The third-order valence-corrected chi connectivity index (χ3v) is 4.73. The SMILES string of the molecule is CS(=O)(=O)CCCN1CCN(Cc2ccccc2)CC1. The van der Waals surface area contributed by atoms with Crippen LogP contribution in [0.4, 0.5) is 0 Å². The quantitative estimate of drug-likeness (QED) is 0.792. The summed E-state index contributed by atoms with van der Waals surface area (Å²) >= 11 is 0. The Balaban J connectivity index is 1.67. The van der Waals surface area contributed by atoms with Crippen LogP contribution in [0.5, 0.6) is 0 Å². The molecule has 112 valence electrons. The Morgan fingerprint density at radius 1 is 1.00 bits per heavy atom. The Morgan fingerprint density at radius 2 is 1.60 bits per heavy atom. The molecule has 1 aromatic rings. The Labute approximate surface area is 122 Å². The summed E-state index contributed by atoms with van der Waals surface area (Å²) in [5.74, 6) is 0.303. The van der Waals surface area contributed by atoms with Crippen LogP contribution < -0.4 is 0 Å². The summed E-state index contributed by atoms with van der Waals surface area (Å²) in [5.41, 5.74) is 1.36. The molecule has 0 aromatic heterocycles. The molecule has 1 heterocycles. The maximum Gasteiger partial charge on any atom is 0.147 e. The average molecular weight is 296 g/mol. The molecular formula is C15H24N2O2S. The molecule has 0 unspecified atom stereocenters. The summed E-state index contributed by atoms with van der Waals surface area (Å²) in [6, 6.07) is 10.5. The van der Waals surface area contributed by atoms with Crippen LogP contribution in [0, 0.1) is 0 Å². The molecule has 0 radical (unpaired) electrons. The Bertz CT molecular complexity index is 494. The highest BCUT2D eigenvalue weighted by Crippen LogP contribution is 2.08. The second-order valence-electron chi connectivity index (χ2n) is 5.59. The van der Waals surface area contributed by atoms with Gasteiger partial charge in [0.05, 0.1) is 5.75 Å². The van der Waals surface area contributed by atoms with Crippen LogP contribution in [0.25, 0.3) is 0 Å². The van der Waals surface area contributed by atoms with E-state index in [4.69, 9.17) is 0 Å². The first-order chi connectivity index (χ1) is 9.53. The predicted molar refractivity (Wildman–Crippen MR) is 82.5 cm³/mol. The first-order valence-corrected chi connectivity index (χ1v) is 9.25. The molecule has 2 rings (SSSR count). The van der Waals surface area contributed by atoms with Crippen molar-refractivity contribution in [2.75, 3.05) is 44.7 Å². The van der Waals surface area contributed by atoms with Crippen molar-refractivity contribution in [2.24, 2.45) is 0 Å². The largest absolute Gasteiger partial charge is 0.301 e. The van der Waals surface area contributed by atoms with Gasteiger partial charge < -0.3 is 4.90 Å². The van der Waals surface area contributed by atoms with Gasteiger partial charge in [-0.15, -0.1) is 0 Å². The van der Waals surface area contributed by atoms with Crippen molar-refractivity contribution in [2.45, 2.75) is 13.0 Å². The van der Waals surface area contributed by atoms with Crippen molar-refractivity contribution in [3.05, 3.63) is 35.9 Å². The minimum absolute atomic E-state index is 0.303. The lowest BCUT2D eigenvalue weighted by Gasteiger charge is -2.34. The number of sulfone groups is 1. The van der Waals surface area contributed by atoms with E-state index in [-0.39, 0.29) is 0 Å². The summed E-state index contributed by atoms with van der Waals surface area (Å²) < 4.78 is 22.2. The standard InChI is InChI=1S/C15H24N2O2S/c1-20(18,19)13-5-8-16-9-11-17(12-10-16)14-15-6-3-2-4-7-15/h2-4,6-7H,5,8-14H2,1H3. The zero-order chi connectivity index (χ0) is 14.4. The number of piperazine rings is 1. The molecule has 0 amide bonds. The third kappa shape index (κ3) is 5.61. The molecule has 0 aliphatic carbocycles. The maximum absolute atomic E-state index is 11.1. The molecule has 5 heteroatoms. The van der Waals surface area contributed by atoms with Gasteiger partial charge in [0.1, 0.15) is 9.84 Å². The van der Waals surface area contributed by atoms with Crippen LogP contribution in [0.1, 0.15) is 12.0 Å². The van der Waals surface area contributed by atoms with Gasteiger partial charge in [0.15, 0.2) is 0 Å². The van der Waals surface area contributed by atoms with Crippen LogP contribution >= 0.6 is 0 Å². The summed E-state index contributed by atoms with van der Waals surface area (Å²) in [7, 11) is -2.81. The molecular weight excluding hydrogens is 272 g/mol. The van der Waals surface area contributed by atoms with Crippen molar-refractivity contribution in [3.63, 3.8) is 0 Å². The number of rotatable bonds is 6. The molecule has 0 spiro atoms.